The molecule has 0 N–H and O–H groups in total. The highest BCUT2D eigenvalue weighted by atomic mass is 32.2. The molecule has 0 heterocycles. The molecule has 0 fully saturated rings. The zero-order valence-corrected chi connectivity index (χ0v) is 13.0. The number of esters is 1. The number of ether oxygens (including phenoxy) is 1. The first kappa shape index (κ1) is 16.9. The van der Waals surface area contributed by atoms with Gasteiger partial charge in [-0.25, -0.2) is 4.79 Å². The van der Waals surface area contributed by atoms with Crippen molar-refractivity contribution in [1.82, 2.24) is 0 Å². The second-order valence-corrected chi connectivity index (χ2v) is 6.11. The van der Waals surface area contributed by atoms with Crippen LogP contribution in [-0.4, -0.2) is 24.1 Å². The summed E-state index contributed by atoms with van der Waals surface area (Å²) in [6.07, 6.45) is 3.14. The molecule has 0 aromatic rings. The fourth-order valence-electron chi connectivity index (χ4n) is 1.25. The SMILES string of the molecule is CCCCS/C(SCC)=C(\CC)C(=O)OCC. The first-order valence-corrected chi connectivity index (χ1v) is 8.34. The Hall–Kier alpha value is -0.0900. The third-order valence-corrected chi connectivity index (χ3v) is 4.63. The summed E-state index contributed by atoms with van der Waals surface area (Å²) in [6.45, 7) is 8.61. The van der Waals surface area contributed by atoms with E-state index in [1.54, 1.807) is 23.5 Å². The molecule has 0 saturated carbocycles. The average Bonchev–Trinajstić information content (AvgIpc) is 2.30. The molecule has 0 aliphatic rings. The van der Waals surface area contributed by atoms with Crippen molar-refractivity contribution in [3.8, 4) is 0 Å². The fraction of sp³-hybridized carbons (Fsp3) is 0.769. The van der Waals surface area contributed by atoms with Crippen molar-refractivity contribution in [3.05, 3.63) is 9.81 Å². The summed E-state index contributed by atoms with van der Waals surface area (Å²) in [5.74, 6) is 1.94. The zero-order chi connectivity index (χ0) is 13.1. The lowest BCUT2D eigenvalue weighted by molar-refractivity contribution is -0.138. The van der Waals surface area contributed by atoms with E-state index in [1.807, 2.05) is 13.8 Å². The van der Waals surface area contributed by atoms with Gasteiger partial charge in [-0.2, -0.15) is 0 Å². The number of carbonyl (C=O) groups excluding carboxylic acids is 1. The van der Waals surface area contributed by atoms with E-state index < -0.39 is 0 Å². The summed E-state index contributed by atoms with van der Waals surface area (Å²) in [6, 6.07) is 0. The Kier molecular flexibility index (Phi) is 11.0. The highest BCUT2D eigenvalue weighted by Gasteiger charge is 2.15. The fourth-order valence-corrected chi connectivity index (χ4v) is 3.87. The van der Waals surface area contributed by atoms with Crippen LogP contribution in [0.4, 0.5) is 0 Å². The standard InChI is InChI=1S/C13H24O2S2/c1-5-9-10-17-13(16-8-4)11(6-2)12(14)15-7-3/h5-10H2,1-4H3/b13-11+. The molecule has 0 aromatic heterocycles. The first-order valence-electron chi connectivity index (χ1n) is 6.36. The van der Waals surface area contributed by atoms with Crippen molar-refractivity contribution in [2.24, 2.45) is 0 Å². The molecule has 100 valence electrons. The van der Waals surface area contributed by atoms with E-state index >= 15 is 0 Å². The molecule has 0 amide bonds. The number of carbonyl (C=O) groups is 1. The van der Waals surface area contributed by atoms with Gasteiger partial charge in [0.1, 0.15) is 0 Å². The van der Waals surface area contributed by atoms with Crippen LogP contribution < -0.4 is 0 Å². The van der Waals surface area contributed by atoms with Crippen LogP contribution in [0.25, 0.3) is 0 Å². The van der Waals surface area contributed by atoms with E-state index in [2.05, 4.69) is 13.8 Å². The Morgan fingerprint density at radius 1 is 1.12 bits per heavy atom. The van der Waals surface area contributed by atoms with Crippen molar-refractivity contribution >= 4 is 29.5 Å². The Morgan fingerprint density at radius 2 is 1.82 bits per heavy atom. The minimum Gasteiger partial charge on any atom is -0.463 e. The molecule has 0 radical (unpaired) electrons. The van der Waals surface area contributed by atoms with E-state index in [0.29, 0.717) is 6.61 Å². The smallest absolute Gasteiger partial charge is 0.335 e. The van der Waals surface area contributed by atoms with Crippen LogP contribution in [0.15, 0.2) is 9.81 Å². The first-order chi connectivity index (χ1) is 8.21. The van der Waals surface area contributed by atoms with Crippen LogP contribution >= 0.6 is 23.5 Å². The van der Waals surface area contributed by atoms with Gasteiger partial charge < -0.3 is 4.74 Å². The van der Waals surface area contributed by atoms with E-state index in [4.69, 9.17) is 4.74 Å². The normalized spacial score (nSPS) is 12.2. The van der Waals surface area contributed by atoms with Crippen molar-refractivity contribution in [2.45, 2.75) is 47.0 Å². The monoisotopic (exact) mass is 276 g/mol. The molecule has 0 aliphatic carbocycles. The summed E-state index contributed by atoms with van der Waals surface area (Å²) in [7, 11) is 0. The highest BCUT2D eigenvalue weighted by Crippen LogP contribution is 2.33. The molecule has 2 nitrogen and oxygen atoms in total. The summed E-state index contributed by atoms with van der Waals surface area (Å²) in [5, 5.41) is 0. The summed E-state index contributed by atoms with van der Waals surface area (Å²) in [5.41, 5.74) is 0.847. The van der Waals surface area contributed by atoms with Crippen LogP contribution in [0.2, 0.25) is 0 Å². The lowest BCUT2D eigenvalue weighted by Crippen LogP contribution is -2.08. The maximum Gasteiger partial charge on any atom is 0.335 e. The number of thioether (sulfide) groups is 2. The third-order valence-electron chi connectivity index (χ3n) is 2.13. The molecular formula is C13H24O2S2. The van der Waals surface area contributed by atoms with Crippen LogP contribution in [-0.2, 0) is 9.53 Å². The molecule has 0 aliphatic heterocycles. The predicted molar refractivity (Wildman–Crippen MR) is 79.4 cm³/mol. The molecule has 0 rings (SSSR count). The number of rotatable bonds is 9. The maximum atomic E-state index is 11.8. The Labute approximate surface area is 114 Å². The maximum absolute atomic E-state index is 11.8. The van der Waals surface area contributed by atoms with Gasteiger partial charge in [0, 0.05) is 0 Å². The number of unbranched alkanes of at least 4 members (excludes halogenated alkanes) is 1. The molecule has 0 atom stereocenters. The molecule has 0 spiro atoms. The average molecular weight is 276 g/mol. The van der Waals surface area contributed by atoms with Crippen molar-refractivity contribution in [3.63, 3.8) is 0 Å². The largest absolute Gasteiger partial charge is 0.463 e. The molecule has 0 unspecified atom stereocenters. The molecular weight excluding hydrogens is 252 g/mol. The molecule has 0 saturated heterocycles. The van der Waals surface area contributed by atoms with Gasteiger partial charge in [0.2, 0.25) is 0 Å². The van der Waals surface area contributed by atoms with Crippen LogP contribution in [0.1, 0.15) is 47.0 Å². The second-order valence-electron chi connectivity index (χ2n) is 3.48. The lowest BCUT2D eigenvalue weighted by atomic mass is 10.2. The molecule has 0 aromatic carbocycles. The van der Waals surface area contributed by atoms with E-state index in [0.717, 1.165) is 27.7 Å². The van der Waals surface area contributed by atoms with Crippen LogP contribution in [0.3, 0.4) is 0 Å². The lowest BCUT2D eigenvalue weighted by Gasteiger charge is -2.11. The van der Waals surface area contributed by atoms with Gasteiger partial charge >= 0.3 is 5.97 Å². The Bertz CT molecular complexity index is 250. The van der Waals surface area contributed by atoms with Gasteiger partial charge in [0.05, 0.1) is 16.4 Å². The minimum atomic E-state index is -0.144. The quantitative estimate of drug-likeness (QED) is 0.353. The van der Waals surface area contributed by atoms with Gasteiger partial charge in [0.15, 0.2) is 0 Å². The number of hydrogen-bond acceptors (Lipinski definition) is 4. The summed E-state index contributed by atoms with van der Waals surface area (Å²) in [4.78, 5) is 11.8. The summed E-state index contributed by atoms with van der Waals surface area (Å²) < 4.78 is 6.26. The van der Waals surface area contributed by atoms with Gasteiger partial charge in [-0.15, -0.1) is 23.5 Å². The molecule has 17 heavy (non-hydrogen) atoms. The van der Waals surface area contributed by atoms with Gasteiger partial charge in [-0.1, -0.05) is 27.2 Å². The number of hydrogen-bond donors (Lipinski definition) is 0. The Balaban J connectivity index is 4.69. The van der Waals surface area contributed by atoms with Crippen molar-refractivity contribution in [1.29, 1.82) is 0 Å². The van der Waals surface area contributed by atoms with Crippen molar-refractivity contribution in [2.75, 3.05) is 18.1 Å². The van der Waals surface area contributed by atoms with Gasteiger partial charge in [-0.05, 0) is 31.3 Å². The van der Waals surface area contributed by atoms with Crippen molar-refractivity contribution < 1.29 is 9.53 Å². The highest BCUT2D eigenvalue weighted by molar-refractivity contribution is 8.22. The van der Waals surface area contributed by atoms with Crippen LogP contribution in [0, 0.1) is 0 Å². The van der Waals surface area contributed by atoms with Gasteiger partial charge in [-0.3, -0.25) is 0 Å². The molecule has 4 heteroatoms. The van der Waals surface area contributed by atoms with E-state index in [1.165, 1.54) is 12.8 Å². The van der Waals surface area contributed by atoms with Crippen LogP contribution in [0.5, 0.6) is 0 Å². The van der Waals surface area contributed by atoms with Gasteiger partial charge in [0.25, 0.3) is 0 Å². The topological polar surface area (TPSA) is 26.3 Å². The third kappa shape index (κ3) is 7.04. The molecule has 0 bridgehead atoms. The minimum absolute atomic E-state index is 0.144. The summed E-state index contributed by atoms with van der Waals surface area (Å²) >= 11 is 3.55. The van der Waals surface area contributed by atoms with E-state index in [9.17, 15) is 4.79 Å². The Morgan fingerprint density at radius 3 is 2.29 bits per heavy atom. The predicted octanol–water partition coefficient (Wildman–Crippen LogP) is 4.46. The zero-order valence-electron chi connectivity index (χ0n) is 11.4. The van der Waals surface area contributed by atoms with E-state index in [-0.39, 0.29) is 5.97 Å². The second kappa shape index (κ2) is 11.0.